The minimum atomic E-state index is -0.318. The average Bonchev–Trinajstić information content (AvgIpc) is 2.33. The Morgan fingerprint density at radius 2 is 2.05 bits per heavy atom. The second kappa shape index (κ2) is 7.99. The first-order valence-electron chi connectivity index (χ1n) is 6.42. The summed E-state index contributed by atoms with van der Waals surface area (Å²) in [7, 11) is 0. The lowest BCUT2D eigenvalue weighted by Crippen LogP contribution is -2.37. The van der Waals surface area contributed by atoms with Crippen molar-refractivity contribution >= 4 is 27.7 Å². The molecule has 0 spiro atoms. The molecule has 2 N–H and O–H groups in total. The van der Waals surface area contributed by atoms with Gasteiger partial charge in [-0.25, -0.2) is 4.39 Å². The van der Waals surface area contributed by atoms with Crippen molar-refractivity contribution in [3.8, 4) is 0 Å². The van der Waals surface area contributed by atoms with Gasteiger partial charge in [0.1, 0.15) is 12.2 Å². The second-order valence-corrected chi connectivity index (χ2v) is 5.41. The quantitative estimate of drug-likeness (QED) is 0.777. The van der Waals surface area contributed by atoms with Crippen molar-refractivity contribution < 1.29 is 14.0 Å². The normalized spacial score (nSPS) is 11.8. The third kappa shape index (κ3) is 5.69. The van der Waals surface area contributed by atoms with Gasteiger partial charge in [0.2, 0.25) is 11.8 Å². The van der Waals surface area contributed by atoms with Crippen LogP contribution in [0, 0.1) is 5.82 Å². The Morgan fingerprint density at radius 1 is 1.35 bits per heavy atom. The van der Waals surface area contributed by atoms with Crippen molar-refractivity contribution in [3.05, 3.63) is 34.1 Å². The lowest BCUT2D eigenvalue weighted by Gasteiger charge is -2.14. The first-order chi connectivity index (χ1) is 9.42. The molecule has 0 aliphatic heterocycles. The van der Waals surface area contributed by atoms with E-state index in [1.54, 1.807) is 19.1 Å². The average molecular weight is 345 g/mol. The zero-order chi connectivity index (χ0) is 15.1. The molecule has 20 heavy (non-hydrogen) atoms. The fourth-order valence-electron chi connectivity index (χ4n) is 1.80. The molecule has 4 nitrogen and oxygen atoms in total. The van der Waals surface area contributed by atoms with E-state index in [2.05, 4.69) is 26.6 Å². The molecule has 0 aliphatic rings. The van der Waals surface area contributed by atoms with E-state index in [1.165, 1.54) is 6.07 Å². The van der Waals surface area contributed by atoms with Crippen LogP contribution in [0.4, 0.5) is 4.39 Å². The molecular weight excluding hydrogens is 327 g/mol. The van der Waals surface area contributed by atoms with E-state index in [4.69, 9.17) is 0 Å². The number of carbonyl (C=O) groups is 2. The van der Waals surface area contributed by atoms with Crippen molar-refractivity contribution in [2.75, 3.05) is 6.54 Å². The van der Waals surface area contributed by atoms with E-state index in [1.807, 2.05) is 6.92 Å². The Bertz CT molecular complexity index is 494. The van der Waals surface area contributed by atoms with Gasteiger partial charge in [-0.15, -0.1) is 0 Å². The van der Waals surface area contributed by atoms with Crippen molar-refractivity contribution in [3.63, 3.8) is 0 Å². The molecular formula is C14H18BrFN2O2. The van der Waals surface area contributed by atoms with Gasteiger partial charge in [0, 0.05) is 12.6 Å². The highest BCUT2D eigenvalue weighted by Crippen LogP contribution is 2.17. The zero-order valence-electron chi connectivity index (χ0n) is 11.5. The molecule has 0 bridgehead atoms. The molecule has 110 valence electrons. The molecule has 1 atom stereocenters. The van der Waals surface area contributed by atoms with Crippen LogP contribution in [0.1, 0.15) is 25.8 Å². The van der Waals surface area contributed by atoms with Crippen LogP contribution in [0.25, 0.3) is 0 Å². The zero-order valence-corrected chi connectivity index (χ0v) is 13.1. The van der Waals surface area contributed by atoms with Crippen LogP contribution in [0.5, 0.6) is 0 Å². The summed E-state index contributed by atoms with van der Waals surface area (Å²) in [6.45, 7) is 4.14. The maximum Gasteiger partial charge on any atom is 0.229 e. The molecule has 0 saturated heterocycles. The fraction of sp³-hybridized carbons (Fsp3) is 0.429. The molecule has 0 unspecified atom stereocenters. The lowest BCUT2D eigenvalue weighted by molar-refractivity contribution is -0.129. The highest BCUT2D eigenvalue weighted by atomic mass is 79.9. The Hall–Kier alpha value is -1.43. The number of amides is 2. The summed E-state index contributed by atoms with van der Waals surface area (Å²) in [6.07, 6.45) is 0.394. The van der Waals surface area contributed by atoms with Crippen LogP contribution in [0.3, 0.4) is 0 Å². The smallest absolute Gasteiger partial charge is 0.229 e. The number of hydrogen-bond acceptors (Lipinski definition) is 2. The number of nitrogens with one attached hydrogen (secondary N) is 2. The van der Waals surface area contributed by atoms with Gasteiger partial charge in [-0.1, -0.05) is 6.07 Å². The molecule has 0 saturated carbocycles. The topological polar surface area (TPSA) is 58.2 Å². The highest BCUT2D eigenvalue weighted by molar-refractivity contribution is 9.10. The van der Waals surface area contributed by atoms with Crippen LogP contribution in [-0.2, 0) is 16.0 Å². The highest BCUT2D eigenvalue weighted by Gasteiger charge is 2.12. The van der Waals surface area contributed by atoms with Crippen LogP contribution in [-0.4, -0.2) is 24.4 Å². The maximum absolute atomic E-state index is 13.1. The summed E-state index contributed by atoms with van der Waals surface area (Å²) in [5.41, 5.74) is 0.907. The van der Waals surface area contributed by atoms with Gasteiger partial charge < -0.3 is 10.6 Å². The molecule has 2 amide bonds. The summed E-state index contributed by atoms with van der Waals surface area (Å²) < 4.78 is 13.5. The molecule has 0 fully saturated rings. The summed E-state index contributed by atoms with van der Waals surface area (Å²) >= 11 is 3.12. The summed E-state index contributed by atoms with van der Waals surface area (Å²) in [4.78, 5) is 22.9. The Kier molecular flexibility index (Phi) is 6.64. The Morgan fingerprint density at radius 3 is 2.65 bits per heavy atom. The van der Waals surface area contributed by atoms with Crippen LogP contribution >= 0.6 is 15.9 Å². The van der Waals surface area contributed by atoms with Gasteiger partial charge in [-0.2, -0.15) is 0 Å². The predicted octanol–water partition coefficient (Wildman–Crippen LogP) is 2.16. The third-order valence-corrected chi connectivity index (χ3v) is 3.24. The first kappa shape index (κ1) is 16.6. The van der Waals surface area contributed by atoms with E-state index in [0.717, 1.165) is 5.56 Å². The summed E-state index contributed by atoms with van der Waals surface area (Å²) in [5.74, 6) is -0.923. The van der Waals surface area contributed by atoms with E-state index < -0.39 is 0 Å². The Balaban J connectivity index is 2.46. The summed E-state index contributed by atoms with van der Waals surface area (Å²) in [6, 6.07) is 4.60. The van der Waals surface area contributed by atoms with Crippen molar-refractivity contribution in [1.82, 2.24) is 10.6 Å². The third-order valence-electron chi connectivity index (χ3n) is 2.63. The standard InChI is InChI=1S/C14H18BrFN2O2/c1-3-17-13(19)8-14(20)18-9(2)6-10-4-5-12(16)11(15)7-10/h4-5,7,9H,3,6,8H2,1-2H3,(H,17,19)(H,18,20)/t9-/m0/s1. The van der Waals surface area contributed by atoms with Gasteiger partial charge in [0.15, 0.2) is 0 Å². The fourth-order valence-corrected chi connectivity index (χ4v) is 2.23. The van der Waals surface area contributed by atoms with Gasteiger partial charge in [0.05, 0.1) is 4.47 Å². The molecule has 0 radical (unpaired) electrons. The molecule has 0 aliphatic carbocycles. The molecule has 1 aromatic carbocycles. The number of rotatable bonds is 6. The molecule has 0 aromatic heterocycles. The number of hydrogen-bond donors (Lipinski definition) is 2. The molecule has 6 heteroatoms. The van der Waals surface area contributed by atoms with Crippen molar-refractivity contribution in [2.45, 2.75) is 32.7 Å². The number of halogens is 2. The molecule has 1 rings (SSSR count). The van der Waals surface area contributed by atoms with Gasteiger partial charge in [-0.3, -0.25) is 9.59 Å². The SMILES string of the molecule is CCNC(=O)CC(=O)N[C@@H](C)Cc1ccc(F)c(Br)c1. The van der Waals surface area contributed by atoms with Gasteiger partial charge in [0.25, 0.3) is 0 Å². The minimum absolute atomic E-state index is 0.130. The number of benzene rings is 1. The first-order valence-corrected chi connectivity index (χ1v) is 7.21. The van der Waals surface area contributed by atoms with Gasteiger partial charge in [-0.05, 0) is 53.9 Å². The Labute approximate surface area is 126 Å². The monoisotopic (exact) mass is 344 g/mol. The lowest BCUT2D eigenvalue weighted by atomic mass is 10.1. The van der Waals surface area contributed by atoms with Crippen molar-refractivity contribution in [2.24, 2.45) is 0 Å². The molecule has 1 aromatic rings. The van der Waals surface area contributed by atoms with E-state index in [-0.39, 0.29) is 30.1 Å². The summed E-state index contributed by atoms with van der Waals surface area (Å²) in [5, 5.41) is 5.31. The van der Waals surface area contributed by atoms with Gasteiger partial charge >= 0.3 is 0 Å². The van der Waals surface area contributed by atoms with Crippen molar-refractivity contribution in [1.29, 1.82) is 0 Å². The van der Waals surface area contributed by atoms with Crippen LogP contribution < -0.4 is 10.6 Å². The minimum Gasteiger partial charge on any atom is -0.356 e. The number of carbonyl (C=O) groups excluding carboxylic acids is 2. The predicted molar refractivity (Wildman–Crippen MR) is 78.7 cm³/mol. The van der Waals surface area contributed by atoms with E-state index >= 15 is 0 Å². The maximum atomic E-state index is 13.1. The van der Waals surface area contributed by atoms with Crippen LogP contribution in [0.2, 0.25) is 0 Å². The van der Waals surface area contributed by atoms with Crippen LogP contribution in [0.15, 0.2) is 22.7 Å². The largest absolute Gasteiger partial charge is 0.356 e. The van der Waals surface area contributed by atoms with E-state index in [0.29, 0.717) is 17.4 Å². The van der Waals surface area contributed by atoms with E-state index in [9.17, 15) is 14.0 Å². The second-order valence-electron chi connectivity index (χ2n) is 4.55. The molecule has 0 heterocycles.